The summed E-state index contributed by atoms with van der Waals surface area (Å²) in [5.41, 5.74) is 3.35. The first-order valence-corrected chi connectivity index (χ1v) is 6.16. The molecule has 0 aliphatic heterocycles. The first kappa shape index (κ1) is 12.9. The van der Waals surface area contributed by atoms with E-state index in [1.165, 1.54) is 25.7 Å². The average Bonchev–Trinajstić information content (AvgIpc) is 2.63. The van der Waals surface area contributed by atoms with E-state index in [1.807, 2.05) is 0 Å². The first-order valence-electron chi connectivity index (χ1n) is 6.16. The van der Waals surface area contributed by atoms with Crippen molar-refractivity contribution in [3.05, 3.63) is 0 Å². The molecule has 0 amide bonds. The van der Waals surface area contributed by atoms with Crippen molar-refractivity contribution in [2.45, 2.75) is 57.5 Å². The molecule has 0 aromatic heterocycles. The molecule has 3 heteroatoms. The van der Waals surface area contributed by atoms with Gasteiger partial charge in [-0.3, -0.25) is 11.3 Å². The van der Waals surface area contributed by atoms with E-state index in [9.17, 15) is 0 Å². The number of hydrogen-bond donors (Lipinski definition) is 2. The summed E-state index contributed by atoms with van der Waals surface area (Å²) in [6, 6.07) is 0.426. The van der Waals surface area contributed by atoms with E-state index in [-0.39, 0.29) is 0 Å². The molecular formula is C12H27N3. The summed E-state index contributed by atoms with van der Waals surface area (Å²) >= 11 is 0. The molecule has 1 unspecified atom stereocenters. The molecule has 0 radical (unpaired) electrons. The summed E-state index contributed by atoms with van der Waals surface area (Å²) in [5.74, 6) is 6.44. The Morgan fingerprint density at radius 3 is 2.13 bits per heavy atom. The molecular weight excluding hydrogens is 186 g/mol. The summed E-state index contributed by atoms with van der Waals surface area (Å²) in [7, 11) is 4.38. The van der Waals surface area contributed by atoms with Crippen molar-refractivity contribution >= 4 is 0 Å². The maximum Gasteiger partial charge on any atom is 0.0396 e. The van der Waals surface area contributed by atoms with Crippen molar-refractivity contribution in [2.75, 3.05) is 14.1 Å². The average molecular weight is 213 g/mol. The number of nitrogens with two attached hydrogens (primary N) is 1. The number of hydrazine groups is 1. The molecule has 0 heterocycles. The van der Waals surface area contributed by atoms with E-state index in [2.05, 4.69) is 38.3 Å². The number of rotatable bonds is 5. The SMILES string of the molecule is CC(C)CC(NN)C1(N(C)C)CCCC1. The van der Waals surface area contributed by atoms with E-state index in [4.69, 9.17) is 5.84 Å². The minimum absolute atomic E-state index is 0.291. The van der Waals surface area contributed by atoms with Gasteiger partial charge in [-0.25, -0.2) is 0 Å². The zero-order chi connectivity index (χ0) is 11.5. The Hall–Kier alpha value is -0.120. The van der Waals surface area contributed by atoms with Crippen LogP contribution >= 0.6 is 0 Å². The van der Waals surface area contributed by atoms with Gasteiger partial charge in [0.25, 0.3) is 0 Å². The Morgan fingerprint density at radius 1 is 1.27 bits per heavy atom. The molecule has 90 valence electrons. The highest BCUT2D eigenvalue weighted by Gasteiger charge is 2.42. The topological polar surface area (TPSA) is 41.3 Å². The van der Waals surface area contributed by atoms with E-state index in [0.29, 0.717) is 17.5 Å². The summed E-state index contributed by atoms with van der Waals surface area (Å²) in [4.78, 5) is 2.38. The molecule has 1 aliphatic carbocycles. The van der Waals surface area contributed by atoms with Gasteiger partial charge < -0.3 is 4.90 Å². The zero-order valence-electron chi connectivity index (χ0n) is 10.7. The Bertz CT molecular complexity index is 183. The molecule has 1 saturated carbocycles. The molecule has 0 aromatic carbocycles. The lowest BCUT2D eigenvalue weighted by molar-refractivity contribution is 0.0934. The van der Waals surface area contributed by atoms with E-state index >= 15 is 0 Å². The van der Waals surface area contributed by atoms with Gasteiger partial charge in [-0.2, -0.15) is 0 Å². The van der Waals surface area contributed by atoms with Crippen molar-refractivity contribution in [3.63, 3.8) is 0 Å². The highest BCUT2D eigenvalue weighted by atomic mass is 15.3. The smallest absolute Gasteiger partial charge is 0.0396 e. The van der Waals surface area contributed by atoms with Gasteiger partial charge in [0, 0.05) is 11.6 Å². The van der Waals surface area contributed by atoms with Crippen LogP contribution in [0.4, 0.5) is 0 Å². The quantitative estimate of drug-likeness (QED) is 0.540. The predicted molar refractivity (Wildman–Crippen MR) is 65.5 cm³/mol. The van der Waals surface area contributed by atoms with E-state index < -0.39 is 0 Å². The van der Waals surface area contributed by atoms with Crippen LogP contribution in [0.3, 0.4) is 0 Å². The molecule has 1 rings (SSSR count). The maximum absolute atomic E-state index is 5.75. The van der Waals surface area contributed by atoms with Crippen LogP contribution in [0.25, 0.3) is 0 Å². The Labute approximate surface area is 94.4 Å². The van der Waals surface area contributed by atoms with Crippen LogP contribution in [0.15, 0.2) is 0 Å². The Morgan fingerprint density at radius 2 is 1.80 bits per heavy atom. The van der Waals surface area contributed by atoms with Crippen LogP contribution in [0, 0.1) is 5.92 Å². The van der Waals surface area contributed by atoms with Gasteiger partial charge in [-0.1, -0.05) is 26.7 Å². The Balaban J connectivity index is 2.76. The van der Waals surface area contributed by atoms with Crippen molar-refractivity contribution in [3.8, 4) is 0 Å². The van der Waals surface area contributed by atoms with Gasteiger partial charge in [-0.15, -0.1) is 0 Å². The number of nitrogens with zero attached hydrogens (tertiary/aromatic N) is 1. The fourth-order valence-electron chi connectivity index (χ4n) is 3.01. The maximum atomic E-state index is 5.75. The number of hydrogen-bond acceptors (Lipinski definition) is 3. The molecule has 1 atom stereocenters. The molecule has 15 heavy (non-hydrogen) atoms. The highest BCUT2D eigenvalue weighted by Crippen LogP contribution is 2.38. The number of likely N-dealkylation sites (N-methyl/N-ethyl adjacent to an activating group) is 1. The normalized spacial score (nSPS) is 22.6. The van der Waals surface area contributed by atoms with Gasteiger partial charge in [-0.05, 0) is 39.3 Å². The summed E-state index contributed by atoms with van der Waals surface area (Å²) in [6.45, 7) is 4.53. The third kappa shape index (κ3) is 2.71. The van der Waals surface area contributed by atoms with Crippen LogP contribution in [0.1, 0.15) is 46.0 Å². The molecule has 0 bridgehead atoms. The van der Waals surface area contributed by atoms with Crippen molar-refractivity contribution < 1.29 is 0 Å². The van der Waals surface area contributed by atoms with Crippen LogP contribution in [0.5, 0.6) is 0 Å². The molecule has 1 aliphatic rings. The fourth-order valence-corrected chi connectivity index (χ4v) is 3.01. The summed E-state index contributed by atoms with van der Waals surface area (Å²) in [5, 5.41) is 0. The molecule has 3 nitrogen and oxygen atoms in total. The fraction of sp³-hybridized carbons (Fsp3) is 1.00. The van der Waals surface area contributed by atoms with E-state index in [1.54, 1.807) is 0 Å². The van der Waals surface area contributed by atoms with Crippen LogP contribution in [0.2, 0.25) is 0 Å². The highest BCUT2D eigenvalue weighted by molar-refractivity contribution is 5.01. The van der Waals surface area contributed by atoms with Gasteiger partial charge in [0.2, 0.25) is 0 Å². The third-order valence-corrected chi connectivity index (χ3v) is 3.92. The van der Waals surface area contributed by atoms with Gasteiger partial charge >= 0.3 is 0 Å². The van der Waals surface area contributed by atoms with Gasteiger partial charge in [0.15, 0.2) is 0 Å². The first-order chi connectivity index (χ1) is 7.03. The van der Waals surface area contributed by atoms with Crippen molar-refractivity contribution in [2.24, 2.45) is 11.8 Å². The van der Waals surface area contributed by atoms with Crippen molar-refractivity contribution in [1.82, 2.24) is 10.3 Å². The lowest BCUT2D eigenvalue weighted by atomic mass is 9.82. The number of nitrogens with one attached hydrogen (secondary N) is 1. The minimum atomic E-state index is 0.291. The molecule has 0 saturated heterocycles. The second-order valence-electron chi connectivity index (χ2n) is 5.55. The molecule has 1 fully saturated rings. The van der Waals surface area contributed by atoms with Gasteiger partial charge in [0.05, 0.1) is 0 Å². The Kier molecular flexibility index (Phi) is 4.56. The largest absolute Gasteiger partial charge is 0.302 e. The second kappa shape index (κ2) is 5.28. The second-order valence-corrected chi connectivity index (χ2v) is 5.55. The lowest BCUT2D eigenvalue weighted by Crippen LogP contribution is -2.59. The van der Waals surface area contributed by atoms with Crippen LogP contribution < -0.4 is 11.3 Å². The predicted octanol–water partition coefficient (Wildman–Crippen LogP) is 1.74. The van der Waals surface area contributed by atoms with Gasteiger partial charge in [0.1, 0.15) is 0 Å². The standard InChI is InChI=1S/C12H27N3/c1-10(2)9-11(14-13)12(15(3)4)7-5-6-8-12/h10-11,14H,5-9,13H2,1-4H3. The van der Waals surface area contributed by atoms with Crippen molar-refractivity contribution in [1.29, 1.82) is 0 Å². The molecule has 3 N–H and O–H groups in total. The molecule has 0 aromatic rings. The van der Waals surface area contributed by atoms with Crippen LogP contribution in [-0.2, 0) is 0 Å². The third-order valence-electron chi connectivity index (χ3n) is 3.92. The summed E-state index contributed by atoms with van der Waals surface area (Å²) in [6.07, 6.45) is 6.40. The molecule has 0 spiro atoms. The summed E-state index contributed by atoms with van der Waals surface area (Å²) < 4.78 is 0. The minimum Gasteiger partial charge on any atom is -0.302 e. The van der Waals surface area contributed by atoms with E-state index in [0.717, 1.165) is 6.42 Å². The lowest BCUT2D eigenvalue weighted by Gasteiger charge is -2.43. The monoisotopic (exact) mass is 213 g/mol. The van der Waals surface area contributed by atoms with Crippen LogP contribution in [-0.4, -0.2) is 30.6 Å². The zero-order valence-corrected chi connectivity index (χ0v) is 10.7.